The lowest BCUT2D eigenvalue weighted by Crippen LogP contribution is -2.42. The van der Waals surface area contributed by atoms with Gasteiger partial charge in [-0.3, -0.25) is 9.59 Å². The largest absolute Gasteiger partial charge is 0.368 e. The summed E-state index contributed by atoms with van der Waals surface area (Å²) in [7, 11) is 0. The summed E-state index contributed by atoms with van der Waals surface area (Å²) in [6.07, 6.45) is 0. The number of hydrogen-bond acceptors (Lipinski definition) is 3. The van der Waals surface area contributed by atoms with Crippen molar-refractivity contribution < 1.29 is 9.59 Å². The number of primary amides is 1. The summed E-state index contributed by atoms with van der Waals surface area (Å²) in [5, 5.41) is 0.760. The zero-order valence-corrected chi connectivity index (χ0v) is 16.7. The number of nitrogens with two attached hydrogens (primary N) is 1. The van der Waals surface area contributed by atoms with Crippen LogP contribution in [-0.4, -0.2) is 34.3 Å². The molecule has 0 atom stereocenters. The van der Waals surface area contributed by atoms with E-state index in [1.165, 1.54) is 10.5 Å². The molecule has 5 nitrogen and oxygen atoms in total. The van der Waals surface area contributed by atoms with Gasteiger partial charge in [-0.25, -0.2) is 4.98 Å². The summed E-state index contributed by atoms with van der Waals surface area (Å²) in [5.74, 6) is -0.756. The molecule has 28 heavy (non-hydrogen) atoms. The number of aryl methyl sites for hydroxylation is 2. The third-order valence-electron chi connectivity index (χ3n) is 4.81. The van der Waals surface area contributed by atoms with Crippen molar-refractivity contribution in [2.24, 2.45) is 5.73 Å². The molecule has 144 valence electrons. The van der Waals surface area contributed by atoms with Crippen LogP contribution in [0.3, 0.4) is 0 Å². The summed E-state index contributed by atoms with van der Waals surface area (Å²) in [5.41, 5.74) is 10.6. The molecule has 0 radical (unpaired) electrons. The highest BCUT2D eigenvalue weighted by Crippen LogP contribution is 2.28. The van der Waals surface area contributed by atoms with Gasteiger partial charge >= 0.3 is 0 Å². The van der Waals surface area contributed by atoms with Crippen molar-refractivity contribution in [3.8, 4) is 11.3 Å². The van der Waals surface area contributed by atoms with Crippen LogP contribution in [0.4, 0.5) is 0 Å². The molecular formula is C23H25N3O2. The predicted molar refractivity (Wildman–Crippen MR) is 112 cm³/mol. The van der Waals surface area contributed by atoms with Gasteiger partial charge in [-0.2, -0.15) is 0 Å². The van der Waals surface area contributed by atoms with Crippen LogP contribution in [0.2, 0.25) is 0 Å². The van der Waals surface area contributed by atoms with Gasteiger partial charge in [0.05, 0.1) is 23.3 Å². The topological polar surface area (TPSA) is 76.3 Å². The monoisotopic (exact) mass is 375 g/mol. The lowest BCUT2D eigenvalue weighted by atomic mass is 9.99. The first kappa shape index (κ1) is 19.5. The Morgan fingerprint density at radius 3 is 2.43 bits per heavy atom. The molecule has 3 aromatic rings. The maximum atomic E-state index is 13.3. The number of carbonyl (C=O) groups is 2. The second-order valence-corrected chi connectivity index (χ2v) is 7.38. The van der Waals surface area contributed by atoms with E-state index in [1.807, 2.05) is 70.2 Å². The first-order chi connectivity index (χ1) is 13.3. The molecule has 5 heteroatoms. The summed E-state index contributed by atoms with van der Waals surface area (Å²) in [6, 6.07) is 15.4. The first-order valence-corrected chi connectivity index (χ1v) is 9.34. The highest BCUT2D eigenvalue weighted by Gasteiger charge is 2.23. The number of hydrogen-bond donors (Lipinski definition) is 1. The van der Waals surface area contributed by atoms with Gasteiger partial charge in [-0.15, -0.1) is 0 Å². The van der Waals surface area contributed by atoms with Crippen molar-refractivity contribution in [1.82, 2.24) is 9.88 Å². The Balaban J connectivity index is 2.21. The fourth-order valence-corrected chi connectivity index (χ4v) is 3.40. The first-order valence-electron chi connectivity index (χ1n) is 9.34. The Morgan fingerprint density at radius 2 is 1.79 bits per heavy atom. The Bertz CT molecular complexity index is 1060. The van der Waals surface area contributed by atoms with Crippen LogP contribution in [0.15, 0.2) is 48.5 Å². The molecule has 0 aliphatic rings. The van der Waals surface area contributed by atoms with E-state index in [0.717, 1.165) is 27.7 Å². The standard InChI is InChI=1S/C23H25N3O2/c1-14(2)26(13-22(24)27)23(28)19-12-21(17-10-9-15(3)11-16(17)4)25-20-8-6-5-7-18(19)20/h5-12,14H,13H2,1-4H3,(H2,24,27). The molecule has 1 aromatic heterocycles. The minimum absolute atomic E-state index is 0.119. The van der Waals surface area contributed by atoms with E-state index in [-0.39, 0.29) is 18.5 Å². The number of benzene rings is 2. The molecule has 2 N–H and O–H groups in total. The third kappa shape index (κ3) is 3.88. The van der Waals surface area contributed by atoms with Crippen molar-refractivity contribution in [2.75, 3.05) is 6.54 Å². The van der Waals surface area contributed by atoms with Crippen LogP contribution in [0.5, 0.6) is 0 Å². The molecule has 0 aliphatic carbocycles. The molecule has 0 aliphatic heterocycles. The molecule has 3 rings (SSSR count). The van der Waals surface area contributed by atoms with E-state index in [4.69, 9.17) is 10.7 Å². The lowest BCUT2D eigenvalue weighted by Gasteiger charge is -2.26. The molecule has 2 amide bonds. The van der Waals surface area contributed by atoms with Gasteiger partial charge in [0.25, 0.3) is 5.91 Å². The van der Waals surface area contributed by atoms with E-state index in [1.54, 1.807) is 0 Å². The Labute approximate surface area is 165 Å². The number of pyridine rings is 1. The Kier molecular flexibility index (Phi) is 5.45. The van der Waals surface area contributed by atoms with Crippen LogP contribution in [0.25, 0.3) is 22.2 Å². The minimum atomic E-state index is -0.532. The SMILES string of the molecule is Cc1ccc(-c2cc(C(=O)N(CC(N)=O)C(C)C)c3ccccc3n2)c(C)c1. The zero-order chi connectivity index (χ0) is 20.4. The third-order valence-corrected chi connectivity index (χ3v) is 4.81. The van der Waals surface area contributed by atoms with Gasteiger partial charge in [0, 0.05) is 17.0 Å². The summed E-state index contributed by atoms with van der Waals surface area (Å²) >= 11 is 0. The molecular weight excluding hydrogens is 350 g/mol. The Morgan fingerprint density at radius 1 is 1.07 bits per heavy atom. The average Bonchev–Trinajstić information content (AvgIpc) is 2.64. The fourth-order valence-electron chi connectivity index (χ4n) is 3.40. The second-order valence-electron chi connectivity index (χ2n) is 7.38. The number of aromatic nitrogens is 1. The number of nitrogens with zero attached hydrogens (tertiary/aromatic N) is 2. The molecule has 0 bridgehead atoms. The van der Waals surface area contributed by atoms with Crippen molar-refractivity contribution in [2.45, 2.75) is 33.7 Å². The summed E-state index contributed by atoms with van der Waals surface area (Å²) in [4.78, 5) is 31.1. The highest BCUT2D eigenvalue weighted by atomic mass is 16.2. The normalized spacial score (nSPS) is 11.0. The maximum absolute atomic E-state index is 13.3. The van der Waals surface area contributed by atoms with E-state index < -0.39 is 5.91 Å². The fraction of sp³-hybridized carbons (Fsp3) is 0.261. The van der Waals surface area contributed by atoms with Crippen LogP contribution >= 0.6 is 0 Å². The molecule has 0 saturated heterocycles. The van der Waals surface area contributed by atoms with Crippen molar-refractivity contribution >= 4 is 22.7 Å². The zero-order valence-electron chi connectivity index (χ0n) is 16.7. The molecule has 2 aromatic carbocycles. The minimum Gasteiger partial charge on any atom is -0.368 e. The smallest absolute Gasteiger partial charge is 0.255 e. The number of para-hydroxylation sites is 1. The van der Waals surface area contributed by atoms with Crippen LogP contribution < -0.4 is 5.73 Å². The molecule has 0 fully saturated rings. The molecule has 1 heterocycles. The second kappa shape index (κ2) is 7.80. The van der Waals surface area contributed by atoms with Crippen molar-refractivity contribution in [3.05, 3.63) is 65.2 Å². The van der Waals surface area contributed by atoms with Gasteiger partial charge in [-0.05, 0) is 45.4 Å². The van der Waals surface area contributed by atoms with E-state index in [2.05, 4.69) is 6.07 Å². The van der Waals surface area contributed by atoms with Gasteiger partial charge in [0.1, 0.15) is 0 Å². The van der Waals surface area contributed by atoms with Gasteiger partial charge in [-0.1, -0.05) is 42.0 Å². The van der Waals surface area contributed by atoms with Gasteiger partial charge in [0.15, 0.2) is 0 Å². The molecule has 0 saturated carbocycles. The predicted octanol–water partition coefficient (Wildman–Crippen LogP) is 3.85. The average molecular weight is 375 g/mol. The van der Waals surface area contributed by atoms with Gasteiger partial charge in [0.2, 0.25) is 5.91 Å². The van der Waals surface area contributed by atoms with E-state index in [0.29, 0.717) is 5.56 Å². The van der Waals surface area contributed by atoms with Crippen LogP contribution in [0.1, 0.15) is 35.3 Å². The summed E-state index contributed by atoms with van der Waals surface area (Å²) in [6.45, 7) is 7.70. The van der Waals surface area contributed by atoms with Crippen LogP contribution in [0, 0.1) is 13.8 Å². The highest BCUT2D eigenvalue weighted by molar-refractivity contribution is 6.08. The van der Waals surface area contributed by atoms with E-state index in [9.17, 15) is 9.59 Å². The number of carbonyl (C=O) groups excluding carboxylic acids is 2. The molecule has 0 spiro atoms. The number of rotatable bonds is 5. The van der Waals surface area contributed by atoms with Crippen LogP contribution in [-0.2, 0) is 4.79 Å². The quantitative estimate of drug-likeness (QED) is 0.736. The van der Waals surface area contributed by atoms with Gasteiger partial charge < -0.3 is 10.6 Å². The lowest BCUT2D eigenvalue weighted by molar-refractivity contribution is -0.119. The van der Waals surface area contributed by atoms with Crippen molar-refractivity contribution in [3.63, 3.8) is 0 Å². The Hall–Kier alpha value is -3.21. The van der Waals surface area contributed by atoms with E-state index >= 15 is 0 Å². The maximum Gasteiger partial charge on any atom is 0.255 e. The number of fused-ring (bicyclic) bond motifs is 1. The molecule has 0 unspecified atom stereocenters. The summed E-state index contributed by atoms with van der Waals surface area (Å²) < 4.78 is 0. The number of amides is 2. The van der Waals surface area contributed by atoms with Crippen molar-refractivity contribution in [1.29, 1.82) is 0 Å².